The van der Waals surface area contributed by atoms with E-state index in [0.29, 0.717) is 16.1 Å². The Morgan fingerprint density at radius 2 is 1.88 bits per heavy atom. The van der Waals surface area contributed by atoms with Crippen molar-refractivity contribution in [3.8, 4) is 0 Å². The van der Waals surface area contributed by atoms with Crippen LogP contribution < -0.4 is 5.56 Å². The van der Waals surface area contributed by atoms with Gasteiger partial charge in [-0.25, -0.2) is 8.42 Å². The minimum atomic E-state index is -3.89. The van der Waals surface area contributed by atoms with E-state index >= 15 is 0 Å². The molecule has 0 aliphatic carbocycles. The molecule has 128 valence electrons. The van der Waals surface area contributed by atoms with Gasteiger partial charge in [0.2, 0.25) is 14.9 Å². The molecule has 0 aliphatic rings. The minimum absolute atomic E-state index is 0.0730. The first-order chi connectivity index (χ1) is 11.9. The summed E-state index contributed by atoms with van der Waals surface area (Å²) in [5.74, 6) is 0.301. The Bertz CT molecular complexity index is 1250. The van der Waals surface area contributed by atoms with Crippen LogP contribution >= 0.6 is 11.3 Å². The lowest BCUT2D eigenvalue weighted by molar-refractivity contribution is 0.592. The van der Waals surface area contributed by atoms with Crippen molar-refractivity contribution in [3.05, 3.63) is 51.6 Å². The molecule has 3 aromatic heterocycles. The average molecular weight is 374 g/mol. The summed E-state index contributed by atoms with van der Waals surface area (Å²) >= 11 is 1.26. The van der Waals surface area contributed by atoms with Gasteiger partial charge in [-0.15, -0.1) is 16.4 Å². The second-order valence-corrected chi connectivity index (χ2v) is 8.75. The van der Waals surface area contributed by atoms with Gasteiger partial charge in [-0.05, 0) is 35.1 Å². The van der Waals surface area contributed by atoms with Crippen LogP contribution in [0.1, 0.15) is 25.3 Å². The van der Waals surface area contributed by atoms with Gasteiger partial charge < -0.3 is 4.98 Å². The zero-order chi connectivity index (χ0) is 17.8. The van der Waals surface area contributed by atoms with Crippen LogP contribution in [0.15, 0.2) is 50.4 Å². The van der Waals surface area contributed by atoms with Crippen molar-refractivity contribution in [3.63, 3.8) is 0 Å². The summed E-state index contributed by atoms with van der Waals surface area (Å²) in [6.45, 7) is 4.07. The SMILES string of the molecule is CC(C)c1ccc(S(=O)(=O)c2nnn3c2[nH]c(=O)c2sccc23)cc1. The summed E-state index contributed by atoms with van der Waals surface area (Å²) in [5.41, 5.74) is 1.29. The van der Waals surface area contributed by atoms with E-state index in [1.165, 1.54) is 15.9 Å². The number of hydrogen-bond donors (Lipinski definition) is 1. The highest BCUT2D eigenvalue weighted by Crippen LogP contribution is 2.25. The molecule has 9 heteroatoms. The number of nitrogens with zero attached hydrogens (tertiary/aromatic N) is 3. The van der Waals surface area contributed by atoms with Crippen molar-refractivity contribution in [1.82, 2.24) is 19.8 Å². The molecule has 25 heavy (non-hydrogen) atoms. The summed E-state index contributed by atoms with van der Waals surface area (Å²) in [7, 11) is -3.89. The van der Waals surface area contributed by atoms with Crippen LogP contribution in [0.4, 0.5) is 0 Å². The first kappa shape index (κ1) is 16.0. The minimum Gasteiger partial charge on any atom is -0.303 e. The fourth-order valence-electron chi connectivity index (χ4n) is 2.67. The molecule has 4 aromatic rings. The standard InChI is InChI=1S/C16H14N4O3S2/c1-9(2)10-3-5-11(6-4-10)25(22,23)16-14-17-15(21)13-12(7-8-24-13)20(14)19-18-16/h3-9H,1-2H3,(H,17,21). The Hall–Kier alpha value is -2.52. The molecular formula is C16H14N4O3S2. The Morgan fingerprint density at radius 1 is 1.16 bits per heavy atom. The first-order valence-electron chi connectivity index (χ1n) is 7.59. The van der Waals surface area contributed by atoms with E-state index in [4.69, 9.17) is 0 Å². The summed E-state index contributed by atoms with van der Waals surface area (Å²) in [6.07, 6.45) is 0. The largest absolute Gasteiger partial charge is 0.303 e. The molecule has 0 atom stereocenters. The molecule has 0 unspecified atom stereocenters. The molecule has 0 bridgehead atoms. The van der Waals surface area contributed by atoms with Crippen LogP contribution in [0, 0.1) is 0 Å². The number of nitrogens with one attached hydrogen (secondary N) is 1. The highest BCUT2D eigenvalue weighted by molar-refractivity contribution is 7.91. The van der Waals surface area contributed by atoms with E-state index in [1.54, 1.807) is 35.7 Å². The smallest absolute Gasteiger partial charge is 0.269 e. The number of fused-ring (bicyclic) bond motifs is 3. The molecule has 0 fully saturated rings. The Kier molecular flexibility index (Phi) is 3.51. The second kappa shape index (κ2) is 5.50. The van der Waals surface area contributed by atoms with Gasteiger partial charge in [0.15, 0.2) is 5.65 Å². The van der Waals surface area contributed by atoms with Crippen molar-refractivity contribution in [2.24, 2.45) is 0 Å². The zero-order valence-corrected chi connectivity index (χ0v) is 15.1. The quantitative estimate of drug-likeness (QED) is 0.594. The van der Waals surface area contributed by atoms with E-state index < -0.39 is 9.84 Å². The molecule has 0 aliphatic heterocycles. The lowest BCUT2D eigenvalue weighted by atomic mass is 10.0. The van der Waals surface area contributed by atoms with Gasteiger partial charge in [0.05, 0.1) is 10.4 Å². The van der Waals surface area contributed by atoms with E-state index in [-0.39, 0.29) is 21.1 Å². The monoisotopic (exact) mass is 374 g/mol. The van der Waals surface area contributed by atoms with Crippen LogP contribution in [0.3, 0.4) is 0 Å². The summed E-state index contributed by atoms with van der Waals surface area (Å²) in [5, 5.41) is 9.25. The van der Waals surface area contributed by atoms with Crippen molar-refractivity contribution in [2.45, 2.75) is 29.7 Å². The Labute approximate surface area is 146 Å². The normalized spacial score (nSPS) is 12.4. The van der Waals surface area contributed by atoms with Gasteiger partial charge in [0.1, 0.15) is 4.70 Å². The number of sulfone groups is 1. The molecule has 0 amide bonds. The van der Waals surface area contributed by atoms with Gasteiger partial charge in [0.25, 0.3) is 5.56 Å². The summed E-state index contributed by atoms with van der Waals surface area (Å²) < 4.78 is 27.7. The van der Waals surface area contributed by atoms with Crippen LogP contribution in [0.5, 0.6) is 0 Å². The van der Waals surface area contributed by atoms with E-state index in [0.717, 1.165) is 5.56 Å². The first-order valence-corrected chi connectivity index (χ1v) is 9.96. The molecule has 7 nitrogen and oxygen atoms in total. The molecule has 1 N–H and O–H groups in total. The lowest BCUT2D eigenvalue weighted by Gasteiger charge is -2.06. The molecule has 0 saturated heterocycles. The van der Waals surface area contributed by atoms with E-state index in [9.17, 15) is 13.2 Å². The maximum Gasteiger partial charge on any atom is 0.269 e. The topological polar surface area (TPSA) is 97.2 Å². The summed E-state index contributed by atoms with van der Waals surface area (Å²) in [4.78, 5) is 14.9. The van der Waals surface area contributed by atoms with Gasteiger partial charge in [-0.2, -0.15) is 4.52 Å². The van der Waals surface area contributed by atoms with Crippen LogP contribution in [-0.4, -0.2) is 28.2 Å². The number of H-pyrrole nitrogens is 1. The highest BCUT2D eigenvalue weighted by Gasteiger charge is 2.26. The van der Waals surface area contributed by atoms with Gasteiger partial charge in [-0.1, -0.05) is 31.2 Å². The number of aromatic amines is 1. The van der Waals surface area contributed by atoms with Gasteiger partial charge in [-0.3, -0.25) is 4.79 Å². The van der Waals surface area contributed by atoms with Crippen molar-refractivity contribution in [2.75, 3.05) is 0 Å². The molecule has 0 saturated carbocycles. The Morgan fingerprint density at radius 3 is 2.56 bits per heavy atom. The number of thiophene rings is 1. The summed E-state index contributed by atoms with van der Waals surface area (Å²) in [6, 6.07) is 8.38. The molecule has 4 rings (SSSR count). The van der Waals surface area contributed by atoms with Crippen molar-refractivity contribution in [1.29, 1.82) is 0 Å². The maximum absolute atomic E-state index is 12.9. The second-order valence-electron chi connectivity index (χ2n) is 5.97. The number of benzene rings is 1. The third-order valence-corrected chi connectivity index (χ3v) is 6.64. The third kappa shape index (κ3) is 2.38. The van der Waals surface area contributed by atoms with Gasteiger partial charge in [0, 0.05) is 0 Å². The maximum atomic E-state index is 12.9. The predicted octanol–water partition coefficient (Wildman–Crippen LogP) is 2.59. The molecule has 0 radical (unpaired) electrons. The molecular weight excluding hydrogens is 360 g/mol. The zero-order valence-electron chi connectivity index (χ0n) is 13.4. The van der Waals surface area contributed by atoms with Crippen LogP contribution in [-0.2, 0) is 9.84 Å². The Balaban J connectivity index is 1.94. The lowest BCUT2D eigenvalue weighted by Crippen LogP contribution is -2.10. The van der Waals surface area contributed by atoms with E-state index in [1.807, 2.05) is 13.8 Å². The fraction of sp³-hybridized carbons (Fsp3) is 0.188. The average Bonchev–Trinajstić information content (AvgIpc) is 3.21. The number of aromatic nitrogens is 4. The van der Waals surface area contributed by atoms with Gasteiger partial charge >= 0.3 is 0 Å². The predicted molar refractivity (Wildman–Crippen MR) is 95.0 cm³/mol. The van der Waals surface area contributed by atoms with Crippen LogP contribution in [0.25, 0.3) is 15.9 Å². The van der Waals surface area contributed by atoms with Crippen molar-refractivity contribution < 1.29 is 8.42 Å². The fourth-order valence-corrected chi connectivity index (χ4v) is 4.69. The van der Waals surface area contributed by atoms with Crippen LogP contribution in [0.2, 0.25) is 0 Å². The number of hydrogen-bond acceptors (Lipinski definition) is 6. The third-order valence-electron chi connectivity index (χ3n) is 4.06. The van der Waals surface area contributed by atoms with Crippen molar-refractivity contribution >= 4 is 37.0 Å². The highest BCUT2D eigenvalue weighted by atomic mass is 32.2. The molecule has 0 spiro atoms. The molecule has 1 aromatic carbocycles. The van der Waals surface area contributed by atoms with E-state index in [2.05, 4.69) is 15.3 Å². The number of rotatable bonds is 3. The molecule has 3 heterocycles.